The van der Waals surface area contributed by atoms with E-state index in [1.54, 1.807) is 40.9 Å². The summed E-state index contributed by atoms with van der Waals surface area (Å²) in [4.78, 5) is 30.8. The lowest BCUT2D eigenvalue weighted by Gasteiger charge is -2.31. The number of rotatable bonds is 10. The van der Waals surface area contributed by atoms with Gasteiger partial charge in [-0.2, -0.15) is 0 Å². The molecule has 2 N–H and O–H groups in total. The summed E-state index contributed by atoms with van der Waals surface area (Å²) in [6.45, 7) is 7.57. The van der Waals surface area contributed by atoms with E-state index < -0.39 is 31.6 Å². The second-order valence-electron chi connectivity index (χ2n) is 12.7. The number of hydrogen-bond donors (Lipinski definition) is 2. The smallest absolute Gasteiger partial charge is 0.264 e. The minimum Gasteiger partial charge on any atom is -0.497 e. The number of anilines is 2. The Hall–Kier alpha value is -3.65. The van der Waals surface area contributed by atoms with Crippen LogP contribution in [0.2, 0.25) is 18.6 Å². The monoisotopic (exact) mass is 636 g/mol. The number of methoxy groups -OCH3 is 1. The zero-order valence-corrected chi connectivity index (χ0v) is 27.2. The quantitative estimate of drug-likeness (QED) is 0.257. The predicted octanol–water partition coefficient (Wildman–Crippen LogP) is 3.17. The van der Waals surface area contributed by atoms with E-state index in [9.17, 15) is 14.7 Å². The van der Waals surface area contributed by atoms with Gasteiger partial charge in [0.15, 0.2) is 5.60 Å². The van der Waals surface area contributed by atoms with E-state index in [1.807, 2.05) is 49.4 Å². The number of benzene rings is 2. The molecule has 4 heterocycles. The molecule has 2 amide bonds. The van der Waals surface area contributed by atoms with Gasteiger partial charge < -0.3 is 33.8 Å². The molecule has 1 aromatic heterocycles. The fourth-order valence-corrected chi connectivity index (χ4v) is 9.94. The van der Waals surface area contributed by atoms with Crippen LogP contribution in [0.25, 0.3) is 0 Å². The van der Waals surface area contributed by atoms with Gasteiger partial charge in [0.25, 0.3) is 5.91 Å². The average Bonchev–Trinajstić information content (AvgIpc) is 3.66. The SMILES string of the molecule is COc1ccc2c(c1)[C@]1(O[C@@H](CCn3cc(CCO)nn3)[C@H]([Si](C)(C)F)[C@H]1C)C(=O)N2Cc1cccc(N2CCNCC2=O)c1. The number of halogens is 1. The Morgan fingerprint density at radius 1 is 1.22 bits per heavy atom. The van der Waals surface area contributed by atoms with Gasteiger partial charge in [0.2, 0.25) is 14.3 Å². The molecule has 4 atom stereocenters. The van der Waals surface area contributed by atoms with E-state index in [4.69, 9.17) is 9.47 Å². The Kier molecular flexibility index (Phi) is 8.54. The Morgan fingerprint density at radius 2 is 2.04 bits per heavy atom. The number of ether oxygens (including phenoxy) is 2. The van der Waals surface area contributed by atoms with Crippen molar-refractivity contribution in [3.05, 3.63) is 65.5 Å². The minimum atomic E-state index is -3.34. The molecule has 11 nitrogen and oxygen atoms in total. The Morgan fingerprint density at radius 3 is 2.78 bits per heavy atom. The molecule has 3 aliphatic heterocycles. The molecule has 2 fully saturated rings. The summed E-state index contributed by atoms with van der Waals surface area (Å²) in [5, 5.41) is 20.6. The van der Waals surface area contributed by atoms with E-state index in [0.717, 1.165) is 11.3 Å². The molecule has 0 saturated carbocycles. The number of aryl methyl sites for hydroxylation is 1. The van der Waals surface area contributed by atoms with Crippen LogP contribution in [0.5, 0.6) is 5.75 Å². The van der Waals surface area contributed by atoms with Crippen molar-refractivity contribution in [2.75, 3.05) is 43.2 Å². The van der Waals surface area contributed by atoms with Crippen molar-refractivity contribution < 1.29 is 28.3 Å². The van der Waals surface area contributed by atoms with Crippen LogP contribution in [0.4, 0.5) is 15.5 Å². The van der Waals surface area contributed by atoms with Gasteiger partial charge in [-0.25, -0.2) is 0 Å². The summed E-state index contributed by atoms with van der Waals surface area (Å²) in [7, 11) is -1.76. The van der Waals surface area contributed by atoms with Gasteiger partial charge >= 0.3 is 0 Å². The first kappa shape index (κ1) is 31.3. The van der Waals surface area contributed by atoms with E-state index in [0.29, 0.717) is 61.7 Å². The predicted molar refractivity (Wildman–Crippen MR) is 169 cm³/mol. The van der Waals surface area contributed by atoms with Crippen molar-refractivity contribution in [2.24, 2.45) is 5.92 Å². The zero-order valence-electron chi connectivity index (χ0n) is 26.2. The van der Waals surface area contributed by atoms with Crippen molar-refractivity contribution in [3.63, 3.8) is 0 Å². The molecule has 0 bridgehead atoms. The first-order valence-electron chi connectivity index (χ1n) is 15.5. The van der Waals surface area contributed by atoms with Gasteiger partial charge in [-0.05, 0) is 55.4 Å². The first-order valence-corrected chi connectivity index (χ1v) is 18.5. The van der Waals surface area contributed by atoms with Gasteiger partial charge in [0, 0.05) is 61.6 Å². The van der Waals surface area contributed by atoms with Gasteiger partial charge in [-0.1, -0.05) is 24.3 Å². The molecule has 3 aliphatic rings. The summed E-state index contributed by atoms with van der Waals surface area (Å²) in [5.41, 5.74) is 1.90. The number of aromatic nitrogens is 3. The van der Waals surface area contributed by atoms with Gasteiger partial charge in [0.1, 0.15) is 5.75 Å². The lowest BCUT2D eigenvalue weighted by Crippen LogP contribution is -2.48. The molecule has 0 aliphatic carbocycles. The molecule has 3 aromatic rings. The normalized spacial score (nSPS) is 25.0. The maximum Gasteiger partial charge on any atom is 0.264 e. The lowest BCUT2D eigenvalue weighted by molar-refractivity contribution is -0.146. The second-order valence-corrected chi connectivity index (χ2v) is 16.5. The van der Waals surface area contributed by atoms with Crippen molar-refractivity contribution in [2.45, 2.75) is 63.2 Å². The highest BCUT2D eigenvalue weighted by molar-refractivity contribution is 6.72. The highest BCUT2D eigenvalue weighted by atomic mass is 28.4. The molecule has 6 rings (SSSR count). The molecule has 0 unspecified atom stereocenters. The lowest BCUT2D eigenvalue weighted by atomic mass is 9.82. The number of fused-ring (bicyclic) bond motifs is 2. The maximum atomic E-state index is 16.2. The van der Waals surface area contributed by atoms with Crippen LogP contribution in [0.3, 0.4) is 0 Å². The van der Waals surface area contributed by atoms with Crippen molar-refractivity contribution in [1.29, 1.82) is 0 Å². The standard InChI is InChI=1S/C32H41FN6O5Si/c1-21-30(45(3,4)33)28(10-13-37-20-23(11-15-40)35-36-37)44-32(21)26-17-25(43-2)8-9-27(26)39(31(32)42)19-22-6-5-7-24(16-22)38-14-12-34-18-29(38)41/h5-9,16-17,20-21,28,30,34,40H,10-15,18-19H2,1-4H3/t21-,28+,30-,32+/m1/s1. The van der Waals surface area contributed by atoms with Crippen molar-refractivity contribution >= 4 is 31.6 Å². The number of carbonyl (C=O) groups is 2. The third-order valence-electron chi connectivity index (χ3n) is 9.42. The summed E-state index contributed by atoms with van der Waals surface area (Å²) >= 11 is 0. The largest absolute Gasteiger partial charge is 0.497 e. The molecule has 1 spiro atoms. The van der Waals surface area contributed by atoms with Crippen LogP contribution >= 0.6 is 0 Å². The summed E-state index contributed by atoms with van der Waals surface area (Å²) < 4.78 is 30.3. The molecule has 0 radical (unpaired) electrons. The van der Waals surface area contributed by atoms with E-state index >= 15 is 4.11 Å². The number of amides is 2. The average molecular weight is 637 g/mol. The topological polar surface area (TPSA) is 122 Å². The molecule has 240 valence electrons. The number of nitrogens with zero attached hydrogens (tertiary/aromatic N) is 5. The second kappa shape index (κ2) is 12.3. The number of piperazine rings is 1. The Balaban J connectivity index is 1.34. The molecule has 2 saturated heterocycles. The molecule has 45 heavy (non-hydrogen) atoms. The summed E-state index contributed by atoms with van der Waals surface area (Å²) in [5.74, 6) is -0.0685. The zero-order chi connectivity index (χ0) is 31.9. The highest BCUT2D eigenvalue weighted by Gasteiger charge is 2.66. The number of hydrogen-bond acceptors (Lipinski definition) is 8. The number of aliphatic hydroxyl groups excluding tert-OH is 1. The highest BCUT2D eigenvalue weighted by Crippen LogP contribution is 2.60. The minimum absolute atomic E-state index is 0.00539. The van der Waals surface area contributed by atoms with Crippen LogP contribution in [0.15, 0.2) is 48.7 Å². The van der Waals surface area contributed by atoms with Crippen molar-refractivity contribution in [3.8, 4) is 5.75 Å². The molecule has 13 heteroatoms. The maximum absolute atomic E-state index is 16.2. The van der Waals surface area contributed by atoms with Crippen LogP contribution in [-0.2, 0) is 39.4 Å². The summed E-state index contributed by atoms with van der Waals surface area (Å²) in [6, 6.07) is 13.3. The fraction of sp³-hybridized carbons (Fsp3) is 0.500. The Labute approximate surface area is 263 Å². The number of carbonyl (C=O) groups excluding carboxylic acids is 2. The third kappa shape index (κ3) is 5.66. The van der Waals surface area contributed by atoms with E-state index in [2.05, 4.69) is 15.6 Å². The van der Waals surface area contributed by atoms with E-state index in [1.165, 1.54) is 0 Å². The van der Waals surface area contributed by atoms with Crippen molar-refractivity contribution in [1.82, 2.24) is 20.3 Å². The third-order valence-corrected chi connectivity index (χ3v) is 11.9. The molecular formula is C32H41FN6O5Si. The van der Waals surface area contributed by atoms with E-state index in [-0.39, 0.29) is 25.0 Å². The first-order chi connectivity index (χ1) is 21.6. The Bertz CT molecular complexity index is 1580. The number of nitrogens with one attached hydrogen (secondary N) is 1. The van der Waals surface area contributed by atoms with Crippen LogP contribution in [0.1, 0.15) is 30.2 Å². The molecule has 2 aromatic carbocycles. The van der Waals surface area contributed by atoms with Gasteiger partial charge in [-0.15, -0.1) is 5.10 Å². The van der Waals surface area contributed by atoms with Gasteiger partial charge in [-0.3, -0.25) is 14.3 Å². The van der Waals surface area contributed by atoms with Gasteiger partial charge in [0.05, 0.1) is 37.7 Å². The fourth-order valence-electron chi connectivity index (χ4n) is 7.40. The molecular weight excluding hydrogens is 595 g/mol. The number of aliphatic hydroxyl groups is 1. The van der Waals surface area contributed by atoms with Crippen LogP contribution in [0, 0.1) is 5.92 Å². The van der Waals surface area contributed by atoms with Crippen LogP contribution in [-0.4, -0.2) is 79.8 Å². The van der Waals surface area contributed by atoms with Crippen LogP contribution < -0.4 is 19.9 Å². The summed E-state index contributed by atoms with van der Waals surface area (Å²) in [6.07, 6.45) is 2.11.